The Morgan fingerprint density at radius 3 is 2.00 bits per heavy atom. The zero-order valence-corrected chi connectivity index (χ0v) is 5.51. The van der Waals surface area contributed by atoms with Crippen molar-refractivity contribution in [1.82, 2.24) is 0 Å². The minimum Gasteiger partial charge on any atom is -0.328 e. The van der Waals surface area contributed by atoms with Crippen molar-refractivity contribution in [2.45, 2.75) is 24.9 Å². The Morgan fingerprint density at radius 2 is 2.00 bits per heavy atom. The average molecular weight is 140 g/mol. The van der Waals surface area contributed by atoms with Crippen molar-refractivity contribution in [3.05, 3.63) is 0 Å². The second-order valence-corrected chi connectivity index (χ2v) is 2.21. The van der Waals surface area contributed by atoms with E-state index < -0.39 is 5.67 Å². The lowest BCUT2D eigenvalue weighted by Gasteiger charge is -2.31. The average Bonchev–Trinajstić information content (AvgIpc) is 1.61. The maximum atomic E-state index is 12.5. The third-order valence-electron chi connectivity index (χ3n) is 1.62. The van der Waals surface area contributed by atoms with Crippen LogP contribution in [0.15, 0.2) is 0 Å². The Hall–Kier alpha value is 0.180. The first-order chi connectivity index (χ1) is 3.27. The van der Waals surface area contributed by atoms with Crippen molar-refractivity contribution in [2.75, 3.05) is 6.54 Å². The van der Waals surface area contributed by atoms with E-state index in [9.17, 15) is 4.39 Å². The van der Waals surface area contributed by atoms with E-state index in [1.54, 1.807) is 0 Å². The summed E-state index contributed by atoms with van der Waals surface area (Å²) >= 11 is 0. The highest BCUT2D eigenvalue weighted by Gasteiger charge is 2.34. The molecule has 0 spiro atoms. The van der Waals surface area contributed by atoms with Crippen LogP contribution >= 0.6 is 12.4 Å². The highest BCUT2D eigenvalue weighted by Crippen LogP contribution is 2.34. The van der Waals surface area contributed by atoms with E-state index in [0.717, 1.165) is 6.42 Å². The summed E-state index contributed by atoms with van der Waals surface area (Å²) in [5.41, 5.74) is 4.13. The van der Waals surface area contributed by atoms with Crippen LogP contribution in [-0.2, 0) is 0 Å². The number of halogens is 2. The number of alkyl halides is 1. The summed E-state index contributed by atoms with van der Waals surface area (Å²) < 4.78 is 12.5. The minimum atomic E-state index is -0.958. The molecule has 0 aliphatic heterocycles. The van der Waals surface area contributed by atoms with Crippen LogP contribution in [-0.4, -0.2) is 12.2 Å². The molecule has 1 saturated carbocycles. The van der Waals surface area contributed by atoms with E-state index in [2.05, 4.69) is 0 Å². The second-order valence-electron chi connectivity index (χ2n) is 2.21. The normalized spacial score (nSPS) is 23.2. The van der Waals surface area contributed by atoms with Crippen LogP contribution in [0.2, 0.25) is 0 Å². The molecule has 0 heterocycles. The lowest BCUT2D eigenvalue weighted by atomic mass is 9.82. The standard InChI is InChI=1S/C5H10FN.ClH/c6-5(4-7)2-1-3-5;/h1-4,7H2;1H. The van der Waals surface area contributed by atoms with Gasteiger partial charge in [-0.3, -0.25) is 0 Å². The van der Waals surface area contributed by atoms with Crippen LogP contribution in [0.3, 0.4) is 0 Å². The summed E-state index contributed by atoms with van der Waals surface area (Å²) in [7, 11) is 0. The molecule has 1 aliphatic carbocycles. The fourth-order valence-corrected chi connectivity index (χ4v) is 0.765. The first-order valence-corrected chi connectivity index (χ1v) is 2.66. The Kier molecular flexibility index (Phi) is 2.71. The van der Waals surface area contributed by atoms with E-state index in [1.807, 2.05) is 0 Å². The molecule has 8 heavy (non-hydrogen) atoms. The van der Waals surface area contributed by atoms with Gasteiger partial charge in [0, 0.05) is 6.54 Å². The van der Waals surface area contributed by atoms with E-state index in [1.165, 1.54) is 0 Å². The molecule has 0 amide bonds. The van der Waals surface area contributed by atoms with E-state index in [4.69, 9.17) is 5.73 Å². The molecule has 50 valence electrons. The monoisotopic (exact) mass is 139 g/mol. The first kappa shape index (κ1) is 8.18. The van der Waals surface area contributed by atoms with Crippen LogP contribution in [0.1, 0.15) is 19.3 Å². The molecular weight excluding hydrogens is 129 g/mol. The van der Waals surface area contributed by atoms with Gasteiger partial charge >= 0.3 is 0 Å². The maximum absolute atomic E-state index is 12.5. The molecule has 0 unspecified atom stereocenters. The molecular formula is C5H11ClFN. The summed E-state index contributed by atoms with van der Waals surface area (Å²) in [6.45, 7) is 0.215. The first-order valence-electron chi connectivity index (χ1n) is 2.66. The van der Waals surface area contributed by atoms with Gasteiger partial charge in [-0.2, -0.15) is 0 Å². The minimum absolute atomic E-state index is 0. The molecule has 0 aromatic rings. The van der Waals surface area contributed by atoms with Gasteiger partial charge in [-0.1, -0.05) is 0 Å². The Labute approximate surface area is 54.9 Å². The molecule has 1 fully saturated rings. The van der Waals surface area contributed by atoms with Crippen LogP contribution in [0.25, 0.3) is 0 Å². The fourth-order valence-electron chi connectivity index (χ4n) is 0.765. The zero-order chi connectivity index (χ0) is 5.33. The van der Waals surface area contributed by atoms with E-state index >= 15 is 0 Å². The third kappa shape index (κ3) is 1.33. The maximum Gasteiger partial charge on any atom is 0.123 e. The smallest absolute Gasteiger partial charge is 0.123 e. The van der Waals surface area contributed by atoms with Gasteiger partial charge < -0.3 is 5.73 Å². The predicted octanol–water partition coefficient (Wildman–Crippen LogP) is 1.26. The van der Waals surface area contributed by atoms with Crippen LogP contribution in [0.4, 0.5) is 4.39 Å². The topological polar surface area (TPSA) is 26.0 Å². The molecule has 0 aromatic heterocycles. The van der Waals surface area contributed by atoms with Gasteiger partial charge in [-0.05, 0) is 19.3 Å². The van der Waals surface area contributed by atoms with Crippen molar-refractivity contribution in [3.63, 3.8) is 0 Å². The molecule has 0 aromatic carbocycles. The Morgan fingerprint density at radius 1 is 1.50 bits per heavy atom. The van der Waals surface area contributed by atoms with E-state index in [0.29, 0.717) is 12.8 Å². The lowest BCUT2D eigenvalue weighted by Crippen LogP contribution is -2.39. The summed E-state index contributed by atoms with van der Waals surface area (Å²) in [5.74, 6) is 0. The molecule has 0 saturated heterocycles. The second kappa shape index (κ2) is 2.65. The predicted molar refractivity (Wildman–Crippen MR) is 34.0 cm³/mol. The summed E-state index contributed by atoms with van der Waals surface area (Å²) in [4.78, 5) is 0. The van der Waals surface area contributed by atoms with Gasteiger partial charge in [0.15, 0.2) is 0 Å². The number of nitrogens with two attached hydrogens (primary N) is 1. The summed E-state index contributed by atoms with van der Waals surface area (Å²) in [5, 5.41) is 0. The van der Waals surface area contributed by atoms with Crippen molar-refractivity contribution in [1.29, 1.82) is 0 Å². The Bertz CT molecular complexity index is 67.3. The molecule has 1 nitrogen and oxygen atoms in total. The lowest BCUT2D eigenvalue weighted by molar-refractivity contribution is 0.0736. The van der Waals surface area contributed by atoms with Gasteiger partial charge in [0.1, 0.15) is 5.67 Å². The molecule has 0 radical (unpaired) electrons. The molecule has 0 atom stereocenters. The number of hydrogen-bond donors (Lipinski definition) is 1. The largest absolute Gasteiger partial charge is 0.328 e. The van der Waals surface area contributed by atoms with Gasteiger partial charge in [0.25, 0.3) is 0 Å². The molecule has 3 heteroatoms. The molecule has 1 rings (SSSR count). The highest BCUT2D eigenvalue weighted by molar-refractivity contribution is 5.85. The quantitative estimate of drug-likeness (QED) is 0.582. The van der Waals surface area contributed by atoms with Gasteiger partial charge in [-0.15, -0.1) is 12.4 Å². The van der Waals surface area contributed by atoms with Crippen LogP contribution < -0.4 is 5.73 Å². The Balaban J connectivity index is 0.000000490. The summed E-state index contributed by atoms with van der Waals surface area (Å²) in [6, 6.07) is 0. The van der Waals surface area contributed by atoms with Gasteiger partial charge in [-0.25, -0.2) is 4.39 Å². The van der Waals surface area contributed by atoms with Gasteiger partial charge in [0.2, 0.25) is 0 Å². The van der Waals surface area contributed by atoms with Crippen LogP contribution in [0.5, 0.6) is 0 Å². The molecule has 0 bridgehead atoms. The zero-order valence-electron chi connectivity index (χ0n) is 4.69. The van der Waals surface area contributed by atoms with Crippen molar-refractivity contribution < 1.29 is 4.39 Å². The molecule has 2 N–H and O–H groups in total. The fraction of sp³-hybridized carbons (Fsp3) is 1.00. The van der Waals surface area contributed by atoms with Crippen molar-refractivity contribution in [2.24, 2.45) is 5.73 Å². The third-order valence-corrected chi connectivity index (χ3v) is 1.62. The number of rotatable bonds is 1. The van der Waals surface area contributed by atoms with Crippen molar-refractivity contribution in [3.8, 4) is 0 Å². The SMILES string of the molecule is Cl.NCC1(F)CCC1. The van der Waals surface area contributed by atoms with Crippen LogP contribution in [0, 0.1) is 0 Å². The molecule has 1 aliphatic rings. The summed E-state index contributed by atoms with van der Waals surface area (Å²) in [6.07, 6.45) is 2.39. The van der Waals surface area contributed by atoms with E-state index in [-0.39, 0.29) is 19.0 Å². The highest BCUT2D eigenvalue weighted by atomic mass is 35.5. The van der Waals surface area contributed by atoms with Gasteiger partial charge in [0.05, 0.1) is 0 Å². The van der Waals surface area contributed by atoms with Crippen molar-refractivity contribution >= 4 is 12.4 Å². The number of hydrogen-bond acceptors (Lipinski definition) is 1.